The van der Waals surface area contributed by atoms with E-state index in [9.17, 15) is 4.79 Å². The van der Waals surface area contributed by atoms with Crippen molar-refractivity contribution in [3.63, 3.8) is 0 Å². The average molecular weight is 206 g/mol. The van der Waals surface area contributed by atoms with Gasteiger partial charge >= 0.3 is 5.97 Å². The molecule has 1 aliphatic rings. The van der Waals surface area contributed by atoms with Crippen LogP contribution in [0.5, 0.6) is 0 Å². The normalized spacial score (nSPS) is 20.6. The minimum absolute atomic E-state index is 0.241. The summed E-state index contributed by atoms with van der Waals surface area (Å²) in [4.78, 5) is 17.0. The maximum atomic E-state index is 10.6. The van der Waals surface area contributed by atoms with Crippen LogP contribution in [0.3, 0.4) is 0 Å². The van der Waals surface area contributed by atoms with Gasteiger partial charge in [0.2, 0.25) is 0 Å². The van der Waals surface area contributed by atoms with Crippen molar-refractivity contribution in [2.45, 2.75) is 25.8 Å². The zero-order chi connectivity index (χ0) is 10.8. The summed E-state index contributed by atoms with van der Waals surface area (Å²) < 4.78 is 0. The molecule has 2 rings (SSSR count). The van der Waals surface area contributed by atoms with Gasteiger partial charge in [-0.25, -0.2) is 9.78 Å². The van der Waals surface area contributed by atoms with E-state index in [1.165, 1.54) is 19.0 Å². The molecular formula is C11H14N2O2. The van der Waals surface area contributed by atoms with Crippen molar-refractivity contribution in [3.8, 4) is 0 Å². The Labute approximate surface area is 88.6 Å². The molecule has 1 atom stereocenters. The second-order valence-corrected chi connectivity index (χ2v) is 3.89. The molecule has 2 heterocycles. The first-order chi connectivity index (χ1) is 7.18. The number of nitrogens with zero attached hydrogens (tertiary/aromatic N) is 2. The third-order valence-corrected chi connectivity index (χ3v) is 2.84. The highest BCUT2D eigenvalue weighted by molar-refractivity contribution is 5.87. The second kappa shape index (κ2) is 3.88. The Morgan fingerprint density at radius 2 is 2.40 bits per heavy atom. The number of carbonyl (C=O) groups is 1. The van der Waals surface area contributed by atoms with Gasteiger partial charge in [-0.2, -0.15) is 0 Å². The van der Waals surface area contributed by atoms with E-state index in [1.54, 1.807) is 12.1 Å². The quantitative estimate of drug-likeness (QED) is 0.801. The number of hydrogen-bond acceptors (Lipinski definition) is 3. The van der Waals surface area contributed by atoms with E-state index in [-0.39, 0.29) is 5.56 Å². The van der Waals surface area contributed by atoms with Crippen LogP contribution < -0.4 is 4.90 Å². The Morgan fingerprint density at radius 3 is 2.87 bits per heavy atom. The van der Waals surface area contributed by atoms with Crippen LogP contribution >= 0.6 is 0 Å². The molecule has 0 spiro atoms. The molecule has 0 radical (unpaired) electrons. The molecule has 1 aromatic heterocycles. The van der Waals surface area contributed by atoms with Gasteiger partial charge in [0, 0.05) is 18.8 Å². The van der Waals surface area contributed by atoms with Crippen molar-refractivity contribution in [1.82, 2.24) is 4.98 Å². The summed E-state index contributed by atoms with van der Waals surface area (Å²) in [6.45, 7) is 3.18. The second-order valence-electron chi connectivity index (χ2n) is 3.89. The highest BCUT2D eigenvalue weighted by atomic mass is 16.4. The average Bonchev–Trinajstić information content (AvgIpc) is 2.65. The lowest BCUT2D eigenvalue weighted by atomic mass is 10.2. The maximum absolute atomic E-state index is 10.6. The predicted molar refractivity (Wildman–Crippen MR) is 57.2 cm³/mol. The largest absolute Gasteiger partial charge is 0.478 e. The lowest BCUT2D eigenvalue weighted by Gasteiger charge is -2.22. The van der Waals surface area contributed by atoms with Crippen molar-refractivity contribution in [3.05, 3.63) is 23.9 Å². The minimum atomic E-state index is -0.927. The van der Waals surface area contributed by atoms with Gasteiger partial charge < -0.3 is 10.0 Å². The van der Waals surface area contributed by atoms with Gasteiger partial charge in [0.1, 0.15) is 5.82 Å². The van der Waals surface area contributed by atoms with Crippen LogP contribution in [0, 0.1) is 0 Å². The van der Waals surface area contributed by atoms with Crippen LogP contribution in [0.1, 0.15) is 30.1 Å². The molecule has 15 heavy (non-hydrogen) atoms. The van der Waals surface area contributed by atoms with Gasteiger partial charge in [0.25, 0.3) is 0 Å². The fraction of sp³-hybridized carbons (Fsp3) is 0.455. The van der Waals surface area contributed by atoms with Gasteiger partial charge in [-0.15, -0.1) is 0 Å². The molecule has 1 fully saturated rings. The van der Waals surface area contributed by atoms with Gasteiger partial charge in [0.05, 0.1) is 5.56 Å². The standard InChI is InChI=1S/C11H14N2O2/c1-8-3-2-6-13(8)10-5-4-9(7-12-10)11(14)15/h4-5,7-8H,2-3,6H2,1H3,(H,14,15). The van der Waals surface area contributed by atoms with Gasteiger partial charge in [-0.05, 0) is 31.9 Å². The molecule has 1 unspecified atom stereocenters. The highest BCUT2D eigenvalue weighted by Gasteiger charge is 2.21. The maximum Gasteiger partial charge on any atom is 0.337 e. The summed E-state index contributed by atoms with van der Waals surface area (Å²) in [5.41, 5.74) is 0.241. The number of aromatic carboxylic acids is 1. The number of hydrogen-bond donors (Lipinski definition) is 1. The number of pyridine rings is 1. The fourth-order valence-electron chi connectivity index (χ4n) is 1.96. The van der Waals surface area contributed by atoms with Crippen molar-refractivity contribution in [1.29, 1.82) is 0 Å². The van der Waals surface area contributed by atoms with Gasteiger partial charge in [-0.3, -0.25) is 0 Å². The zero-order valence-electron chi connectivity index (χ0n) is 8.68. The number of anilines is 1. The van der Waals surface area contributed by atoms with Crippen LogP contribution in [-0.2, 0) is 0 Å². The first-order valence-electron chi connectivity index (χ1n) is 5.14. The van der Waals surface area contributed by atoms with Crippen LogP contribution in [0.2, 0.25) is 0 Å². The summed E-state index contributed by atoms with van der Waals surface area (Å²) in [5.74, 6) is -0.0477. The summed E-state index contributed by atoms with van der Waals surface area (Å²) in [5, 5.41) is 8.74. The van der Waals surface area contributed by atoms with Gasteiger partial charge in [-0.1, -0.05) is 0 Å². The van der Waals surface area contributed by atoms with Crippen molar-refractivity contribution in [2.24, 2.45) is 0 Å². The zero-order valence-corrected chi connectivity index (χ0v) is 8.68. The molecule has 1 N–H and O–H groups in total. The summed E-state index contributed by atoms with van der Waals surface area (Å²) >= 11 is 0. The molecule has 4 heteroatoms. The van der Waals surface area contributed by atoms with Gasteiger partial charge in [0.15, 0.2) is 0 Å². The monoisotopic (exact) mass is 206 g/mol. The molecule has 0 amide bonds. The predicted octanol–water partition coefficient (Wildman–Crippen LogP) is 1.77. The number of aromatic nitrogens is 1. The fourth-order valence-corrected chi connectivity index (χ4v) is 1.96. The third kappa shape index (κ3) is 1.93. The third-order valence-electron chi connectivity index (χ3n) is 2.84. The van der Waals surface area contributed by atoms with E-state index in [0.717, 1.165) is 12.4 Å². The summed E-state index contributed by atoms with van der Waals surface area (Å²) in [6, 6.07) is 3.90. The molecule has 4 nitrogen and oxygen atoms in total. The first-order valence-corrected chi connectivity index (χ1v) is 5.14. The topological polar surface area (TPSA) is 53.4 Å². The Kier molecular flexibility index (Phi) is 2.58. The smallest absolute Gasteiger partial charge is 0.337 e. The van der Waals surface area contributed by atoms with Crippen LogP contribution in [0.25, 0.3) is 0 Å². The Balaban J connectivity index is 2.19. The molecule has 1 saturated heterocycles. The van der Waals surface area contributed by atoms with E-state index < -0.39 is 5.97 Å². The van der Waals surface area contributed by atoms with Crippen molar-refractivity contribution < 1.29 is 9.90 Å². The number of rotatable bonds is 2. The Hall–Kier alpha value is -1.58. The van der Waals surface area contributed by atoms with Crippen LogP contribution in [-0.4, -0.2) is 28.6 Å². The summed E-state index contributed by atoms with van der Waals surface area (Å²) in [7, 11) is 0. The lowest BCUT2D eigenvalue weighted by molar-refractivity contribution is 0.0696. The van der Waals surface area contributed by atoms with E-state index in [2.05, 4.69) is 16.8 Å². The SMILES string of the molecule is CC1CCCN1c1ccc(C(=O)O)cn1. The lowest BCUT2D eigenvalue weighted by Crippen LogP contribution is -2.27. The molecular weight excluding hydrogens is 192 g/mol. The van der Waals surface area contributed by atoms with E-state index in [0.29, 0.717) is 6.04 Å². The van der Waals surface area contributed by atoms with Crippen molar-refractivity contribution >= 4 is 11.8 Å². The van der Waals surface area contributed by atoms with E-state index in [1.807, 2.05) is 0 Å². The van der Waals surface area contributed by atoms with Crippen LogP contribution in [0.15, 0.2) is 18.3 Å². The van der Waals surface area contributed by atoms with E-state index in [4.69, 9.17) is 5.11 Å². The molecule has 0 bridgehead atoms. The van der Waals surface area contributed by atoms with E-state index >= 15 is 0 Å². The first kappa shape index (κ1) is 9.96. The van der Waals surface area contributed by atoms with Crippen LogP contribution in [0.4, 0.5) is 5.82 Å². The molecule has 1 aromatic rings. The molecule has 0 aromatic carbocycles. The molecule has 1 aliphatic heterocycles. The Bertz CT molecular complexity index is 361. The highest BCUT2D eigenvalue weighted by Crippen LogP contribution is 2.23. The minimum Gasteiger partial charge on any atom is -0.478 e. The molecule has 80 valence electrons. The molecule has 0 saturated carbocycles. The Morgan fingerprint density at radius 1 is 1.60 bits per heavy atom. The number of carboxylic acid groups (broad SMARTS) is 1. The summed E-state index contributed by atoms with van der Waals surface area (Å²) in [6.07, 6.45) is 3.79. The van der Waals surface area contributed by atoms with Crippen molar-refractivity contribution in [2.75, 3.05) is 11.4 Å². The molecule has 0 aliphatic carbocycles. The number of carboxylic acids is 1.